The van der Waals surface area contributed by atoms with Crippen LogP contribution in [0.2, 0.25) is 15.1 Å². The first-order chi connectivity index (χ1) is 10.9. The molecule has 0 saturated heterocycles. The van der Waals surface area contributed by atoms with Crippen molar-refractivity contribution in [1.82, 2.24) is 4.72 Å². The molecule has 0 amide bonds. The number of halogens is 3. The van der Waals surface area contributed by atoms with E-state index in [1.54, 1.807) is 36.0 Å². The number of sulfonamides is 1. The Bertz CT molecular complexity index is 765. The fourth-order valence-corrected chi connectivity index (χ4v) is 4.19. The molecular weight excluding hydrogens is 397 g/mol. The first-order valence-corrected chi connectivity index (χ1v) is 10.3. The molecule has 0 saturated carbocycles. The minimum absolute atomic E-state index is 0.207. The van der Waals surface area contributed by atoms with Crippen molar-refractivity contribution >= 4 is 56.6 Å². The highest BCUT2D eigenvalue weighted by molar-refractivity contribution is 7.99. The highest BCUT2D eigenvalue weighted by Crippen LogP contribution is 2.28. The van der Waals surface area contributed by atoms with E-state index in [4.69, 9.17) is 34.8 Å². The number of hydrogen-bond acceptors (Lipinski definition) is 3. The zero-order valence-corrected chi connectivity index (χ0v) is 15.8. The predicted octanol–water partition coefficient (Wildman–Crippen LogP) is 5.11. The van der Waals surface area contributed by atoms with Gasteiger partial charge < -0.3 is 0 Å². The maximum atomic E-state index is 12.1. The average Bonchev–Trinajstić information content (AvgIpc) is 2.51. The largest absolute Gasteiger partial charge is 0.240 e. The molecule has 8 heteroatoms. The van der Waals surface area contributed by atoms with Crippen molar-refractivity contribution in [3.8, 4) is 0 Å². The van der Waals surface area contributed by atoms with Crippen LogP contribution in [0, 0.1) is 0 Å². The summed E-state index contributed by atoms with van der Waals surface area (Å²) in [7, 11) is -3.49. The third-order valence-corrected chi connectivity index (χ3v) is 6.44. The molecule has 0 aromatic heterocycles. The molecule has 0 bridgehead atoms. The second kappa shape index (κ2) is 8.60. The van der Waals surface area contributed by atoms with Gasteiger partial charge in [0.25, 0.3) is 0 Å². The molecule has 2 aromatic carbocycles. The highest BCUT2D eigenvalue weighted by atomic mass is 35.5. The lowest BCUT2D eigenvalue weighted by Crippen LogP contribution is -2.25. The number of benzene rings is 2. The van der Waals surface area contributed by atoms with E-state index in [9.17, 15) is 8.42 Å². The Kier molecular flexibility index (Phi) is 7.07. The van der Waals surface area contributed by atoms with E-state index in [-0.39, 0.29) is 4.90 Å². The second-order valence-corrected chi connectivity index (χ2v) is 8.82. The maximum absolute atomic E-state index is 12.1. The number of nitrogens with one attached hydrogen (secondary N) is 1. The minimum Gasteiger partial charge on any atom is -0.211 e. The Morgan fingerprint density at radius 1 is 0.957 bits per heavy atom. The van der Waals surface area contributed by atoms with E-state index in [1.165, 1.54) is 12.1 Å². The van der Waals surface area contributed by atoms with Crippen LogP contribution in [0.1, 0.15) is 6.42 Å². The van der Waals surface area contributed by atoms with Gasteiger partial charge in [0.1, 0.15) is 0 Å². The van der Waals surface area contributed by atoms with E-state index in [0.717, 1.165) is 10.6 Å². The van der Waals surface area contributed by atoms with Crippen molar-refractivity contribution in [3.05, 3.63) is 57.5 Å². The molecule has 0 heterocycles. The van der Waals surface area contributed by atoms with Gasteiger partial charge in [-0.05, 0) is 54.6 Å². The molecule has 0 fully saturated rings. The lowest BCUT2D eigenvalue weighted by atomic mass is 10.4. The molecule has 0 spiro atoms. The van der Waals surface area contributed by atoms with Crippen molar-refractivity contribution in [3.63, 3.8) is 0 Å². The van der Waals surface area contributed by atoms with Crippen LogP contribution in [0.25, 0.3) is 0 Å². The van der Waals surface area contributed by atoms with Crippen LogP contribution in [0.15, 0.2) is 52.3 Å². The van der Waals surface area contributed by atoms with E-state index in [1.807, 2.05) is 6.07 Å². The lowest BCUT2D eigenvalue weighted by Gasteiger charge is -2.07. The Morgan fingerprint density at radius 3 is 2.30 bits per heavy atom. The van der Waals surface area contributed by atoms with Gasteiger partial charge in [-0.15, -0.1) is 11.8 Å². The molecule has 23 heavy (non-hydrogen) atoms. The van der Waals surface area contributed by atoms with E-state index >= 15 is 0 Å². The first-order valence-electron chi connectivity index (χ1n) is 6.71. The minimum atomic E-state index is -3.49. The van der Waals surface area contributed by atoms with Crippen molar-refractivity contribution in [2.75, 3.05) is 12.3 Å². The number of thioether (sulfide) groups is 1. The van der Waals surface area contributed by atoms with Gasteiger partial charge in [0.15, 0.2) is 0 Å². The van der Waals surface area contributed by atoms with E-state index in [2.05, 4.69) is 4.72 Å². The Labute approximate surface area is 155 Å². The van der Waals surface area contributed by atoms with Gasteiger partial charge in [0.2, 0.25) is 10.0 Å². The summed E-state index contributed by atoms with van der Waals surface area (Å²) in [4.78, 5) is 1.21. The Morgan fingerprint density at radius 2 is 1.65 bits per heavy atom. The summed E-state index contributed by atoms with van der Waals surface area (Å²) in [6.07, 6.45) is 0.692. The zero-order chi connectivity index (χ0) is 16.9. The number of rotatable bonds is 7. The van der Waals surface area contributed by atoms with Gasteiger partial charge in [0, 0.05) is 16.5 Å². The molecule has 2 aromatic rings. The SMILES string of the molecule is O=S(=O)(NCCCSc1ccc(Cl)c(Cl)c1)c1ccc(Cl)cc1. The van der Waals surface area contributed by atoms with Gasteiger partial charge in [-0.2, -0.15) is 0 Å². The van der Waals surface area contributed by atoms with Crippen LogP contribution >= 0.6 is 46.6 Å². The third-order valence-electron chi connectivity index (χ3n) is 2.90. The van der Waals surface area contributed by atoms with Gasteiger partial charge in [-0.1, -0.05) is 34.8 Å². The average molecular weight is 411 g/mol. The summed E-state index contributed by atoms with van der Waals surface area (Å²) >= 11 is 19.1. The molecule has 2 rings (SSSR count). The molecule has 124 valence electrons. The fourth-order valence-electron chi connectivity index (χ4n) is 1.73. The molecule has 0 atom stereocenters. The summed E-state index contributed by atoms with van der Waals surface area (Å²) < 4.78 is 26.7. The summed E-state index contributed by atoms with van der Waals surface area (Å²) in [6.45, 7) is 0.360. The van der Waals surface area contributed by atoms with Crippen LogP contribution < -0.4 is 4.72 Å². The molecule has 0 unspecified atom stereocenters. The van der Waals surface area contributed by atoms with Crippen LogP contribution in [-0.2, 0) is 10.0 Å². The Balaban J connectivity index is 1.78. The Hall–Kier alpha value is -0.430. The summed E-state index contributed by atoms with van der Waals surface area (Å²) in [5.41, 5.74) is 0. The second-order valence-electron chi connectivity index (χ2n) is 4.63. The van der Waals surface area contributed by atoms with Crippen LogP contribution in [0.3, 0.4) is 0 Å². The summed E-state index contributed by atoms with van der Waals surface area (Å²) in [6, 6.07) is 11.5. The van der Waals surface area contributed by atoms with Gasteiger partial charge in [0.05, 0.1) is 14.9 Å². The van der Waals surface area contributed by atoms with Crippen LogP contribution in [0.5, 0.6) is 0 Å². The van der Waals surface area contributed by atoms with Gasteiger partial charge in [-0.25, -0.2) is 13.1 Å². The molecule has 0 aliphatic carbocycles. The van der Waals surface area contributed by atoms with E-state index in [0.29, 0.717) is 28.0 Å². The summed E-state index contributed by atoms with van der Waals surface area (Å²) in [5, 5.41) is 1.54. The molecule has 0 aliphatic rings. The van der Waals surface area contributed by atoms with Crippen molar-refractivity contribution in [2.45, 2.75) is 16.2 Å². The van der Waals surface area contributed by atoms with Gasteiger partial charge in [-0.3, -0.25) is 0 Å². The van der Waals surface area contributed by atoms with E-state index < -0.39 is 10.0 Å². The van der Waals surface area contributed by atoms with Gasteiger partial charge >= 0.3 is 0 Å². The lowest BCUT2D eigenvalue weighted by molar-refractivity contribution is 0.581. The number of hydrogen-bond donors (Lipinski definition) is 1. The molecule has 0 aliphatic heterocycles. The van der Waals surface area contributed by atoms with Crippen molar-refractivity contribution < 1.29 is 8.42 Å². The van der Waals surface area contributed by atoms with Crippen LogP contribution in [0.4, 0.5) is 0 Å². The van der Waals surface area contributed by atoms with Crippen molar-refractivity contribution in [2.24, 2.45) is 0 Å². The smallest absolute Gasteiger partial charge is 0.211 e. The highest BCUT2D eigenvalue weighted by Gasteiger charge is 2.12. The topological polar surface area (TPSA) is 46.2 Å². The van der Waals surface area contributed by atoms with Crippen LogP contribution in [-0.4, -0.2) is 20.7 Å². The van der Waals surface area contributed by atoms with Crippen molar-refractivity contribution in [1.29, 1.82) is 0 Å². The third kappa shape index (κ3) is 5.85. The normalized spacial score (nSPS) is 11.6. The fraction of sp³-hybridized carbons (Fsp3) is 0.200. The predicted molar refractivity (Wildman–Crippen MR) is 98.4 cm³/mol. The zero-order valence-electron chi connectivity index (χ0n) is 11.9. The molecule has 1 N–H and O–H groups in total. The quantitative estimate of drug-likeness (QED) is 0.510. The monoisotopic (exact) mass is 409 g/mol. The molecule has 3 nitrogen and oxygen atoms in total. The standard InChI is InChI=1S/C15H14Cl3NO2S2/c16-11-2-5-13(6-3-11)23(20,21)19-8-1-9-22-12-4-7-14(17)15(18)10-12/h2-7,10,19H,1,8-9H2. The maximum Gasteiger partial charge on any atom is 0.240 e. The first kappa shape index (κ1) is 18.9. The summed E-state index contributed by atoms with van der Waals surface area (Å²) in [5.74, 6) is 0.765. The molecule has 0 radical (unpaired) electrons. The molecular formula is C15H14Cl3NO2S2.